The molecule has 3 nitrogen and oxygen atoms in total. The first-order valence-electron chi connectivity index (χ1n) is 13.2. The zero-order valence-corrected chi connectivity index (χ0v) is 21.4. The Hall–Kier alpha value is -4.99. The van der Waals surface area contributed by atoms with Crippen molar-refractivity contribution < 1.29 is 0 Å². The van der Waals surface area contributed by atoms with Crippen LogP contribution < -0.4 is 11.1 Å². The molecule has 0 spiro atoms. The number of benzene rings is 6. The zero-order chi connectivity index (χ0) is 26.2. The zero-order valence-electron chi connectivity index (χ0n) is 21.4. The Bertz CT molecular complexity index is 1940. The molecule has 1 atom stereocenters. The maximum atomic E-state index is 6.64. The van der Waals surface area contributed by atoms with Gasteiger partial charge in [-0.3, -0.25) is 0 Å². The number of rotatable bonds is 5. The second-order valence-electron chi connectivity index (χ2n) is 9.84. The van der Waals surface area contributed by atoms with E-state index in [1.807, 2.05) is 24.3 Å². The van der Waals surface area contributed by atoms with Crippen LogP contribution in [0.4, 0.5) is 5.69 Å². The monoisotopic (exact) mass is 501 g/mol. The Morgan fingerprint density at radius 3 is 1.92 bits per heavy atom. The van der Waals surface area contributed by atoms with Crippen LogP contribution in [0, 0.1) is 0 Å². The quantitative estimate of drug-likeness (QED) is 0.183. The van der Waals surface area contributed by atoms with Crippen LogP contribution >= 0.6 is 0 Å². The Labute approximate surface area is 227 Å². The average Bonchev–Trinajstić information content (AvgIpc) is 3.01. The summed E-state index contributed by atoms with van der Waals surface area (Å²) in [5, 5.41) is 9.50. The Morgan fingerprint density at radius 2 is 1.13 bits per heavy atom. The van der Waals surface area contributed by atoms with Crippen molar-refractivity contribution in [2.75, 3.05) is 5.32 Å². The summed E-state index contributed by atoms with van der Waals surface area (Å²) in [7, 11) is 0. The van der Waals surface area contributed by atoms with Crippen LogP contribution in [0.1, 0.15) is 11.7 Å². The molecule has 6 aromatic carbocycles. The fourth-order valence-electron chi connectivity index (χ4n) is 5.50. The van der Waals surface area contributed by atoms with E-state index >= 15 is 0 Å². The molecule has 39 heavy (non-hydrogen) atoms. The summed E-state index contributed by atoms with van der Waals surface area (Å²) in [5.41, 5.74) is 14.1. The number of nitrogens with one attached hydrogen (secondary N) is 1. The molecule has 7 rings (SSSR count). The molecular weight excluding hydrogens is 474 g/mol. The average molecular weight is 502 g/mol. The first-order valence-corrected chi connectivity index (χ1v) is 13.2. The highest BCUT2D eigenvalue weighted by Gasteiger charge is 2.15. The van der Waals surface area contributed by atoms with E-state index in [0.717, 1.165) is 49.9 Å². The molecule has 0 amide bonds. The number of aromatic nitrogens is 1. The van der Waals surface area contributed by atoms with Gasteiger partial charge in [0.25, 0.3) is 0 Å². The number of anilines is 1. The third-order valence-electron chi connectivity index (χ3n) is 7.47. The molecule has 0 aliphatic heterocycles. The van der Waals surface area contributed by atoms with E-state index in [1.165, 1.54) is 16.2 Å². The van der Waals surface area contributed by atoms with E-state index < -0.39 is 0 Å². The second-order valence-corrected chi connectivity index (χ2v) is 9.84. The summed E-state index contributed by atoms with van der Waals surface area (Å²) in [6.45, 7) is 0. The Balaban J connectivity index is 1.34. The minimum Gasteiger partial charge on any atom is -0.365 e. The lowest BCUT2D eigenvalue weighted by Gasteiger charge is -2.21. The first-order chi connectivity index (χ1) is 19.3. The summed E-state index contributed by atoms with van der Waals surface area (Å²) in [5.74, 6) is 0. The molecule has 0 saturated carbocycles. The van der Waals surface area contributed by atoms with Gasteiger partial charge in [-0.2, -0.15) is 0 Å². The maximum Gasteiger partial charge on any atom is 0.101 e. The summed E-state index contributed by atoms with van der Waals surface area (Å²) in [4.78, 5) is 5.08. The molecule has 1 unspecified atom stereocenters. The molecule has 0 bridgehead atoms. The van der Waals surface area contributed by atoms with Gasteiger partial charge in [0.15, 0.2) is 0 Å². The van der Waals surface area contributed by atoms with Gasteiger partial charge in [0.05, 0.1) is 16.9 Å². The van der Waals surface area contributed by atoms with Crippen LogP contribution in [-0.2, 0) is 0 Å². The molecule has 3 N–H and O–H groups in total. The van der Waals surface area contributed by atoms with Crippen molar-refractivity contribution in [1.82, 2.24) is 4.98 Å². The van der Waals surface area contributed by atoms with Crippen LogP contribution in [-0.4, -0.2) is 4.98 Å². The van der Waals surface area contributed by atoms with E-state index in [1.54, 1.807) is 0 Å². The molecule has 0 aliphatic carbocycles. The van der Waals surface area contributed by atoms with Crippen LogP contribution in [0.5, 0.6) is 0 Å². The molecule has 186 valence electrons. The molecule has 0 fully saturated rings. The maximum absolute atomic E-state index is 6.64. The van der Waals surface area contributed by atoms with Crippen molar-refractivity contribution in [2.24, 2.45) is 5.73 Å². The second kappa shape index (κ2) is 9.71. The van der Waals surface area contributed by atoms with Gasteiger partial charge in [-0.15, -0.1) is 0 Å². The van der Waals surface area contributed by atoms with Crippen LogP contribution in [0.3, 0.4) is 0 Å². The normalized spacial score (nSPS) is 12.1. The Kier molecular flexibility index (Phi) is 5.77. The van der Waals surface area contributed by atoms with Crippen molar-refractivity contribution in [3.8, 4) is 22.4 Å². The van der Waals surface area contributed by atoms with Gasteiger partial charge in [-0.1, -0.05) is 133 Å². The number of hydrogen-bond donors (Lipinski definition) is 2. The Morgan fingerprint density at radius 1 is 0.513 bits per heavy atom. The largest absolute Gasteiger partial charge is 0.365 e. The van der Waals surface area contributed by atoms with Crippen LogP contribution in [0.2, 0.25) is 0 Å². The number of hydrogen-bond acceptors (Lipinski definition) is 3. The van der Waals surface area contributed by atoms with Gasteiger partial charge < -0.3 is 11.1 Å². The minimum absolute atomic E-state index is 0.330. The standard InChI is InChI=1S/C36H27N3/c37-36(27-11-2-1-3-12-27)39-35-28-13-5-4-10-24(28)22-23-29(35)25-18-20-26(21-19-25)34-32-16-7-6-14-30(32)31-15-8-9-17-33(31)38-34/h1-23,36,39H,37H2. The van der Waals surface area contributed by atoms with Gasteiger partial charge >= 0.3 is 0 Å². The molecular formula is C36H27N3. The summed E-state index contributed by atoms with van der Waals surface area (Å²) in [6, 6.07) is 48.5. The van der Waals surface area contributed by atoms with E-state index in [-0.39, 0.29) is 6.17 Å². The van der Waals surface area contributed by atoms with Crippen LogP contribution in [0.25, 0.3) is 54.8 Å². The predicted octanol–water partition coefficient (Wildman–Crippen LogP) is 8.94. The van der Waals surface area contributed by atoms with Crippen LogP contribution in [0.15, 0.2) is 140 Å². The van der Waals surface area contributed by atoms with Gasteiger partial charge in [0, 0.05) is 27.3 Å². The summed E-state index contributed by atoms with van der Waals surface area (Å²) in [6.07, 6.45) is -0.330. The van der Waals surface area contributed by atoms with Gasteiger partial charge in [-0.05, 0) is 28.0 Å². The fraction of sp³-hybridized carbons (Fsp3) is 0.0278. The van der Waals surface area contributed by atoms with E-state index in [2.05, 4.69) is 121 Å². The van der Waals surface area contributed by atoms with Crippen molar-refractivity contribution in [1.29, 1.82) is 0 Å². The highest BCUT2D eigenvalue weighted by Crippen LogP contribution is 2.38. The first kappa shape index (κ1) is 23.2. The van der Waals surface area contributed by atoms with Crippen molar-refractivity contribution >= 4 is 38.1 Å². The van der Waals surface area contributed by atoms with Gasteiger partial charge in [0.1, 0.15) is 6.17 Å². The molecule has 3 heteroatoms. The lowest BCUT2D eigenvalue weighted by molar-refractivity contribution is 0.838. The number of fused-ring (bicyclic) bond motifs is 4. The lowest BCUT2D eigenvalue weighted by atomic mass is 9.95. The van der Waals surface area contributed by atoms with E-state index in [0.29, 0.717) is 0 Å². The molecule has 1 aromatic heterocycles. The molecule has 7 aromatic rings. The number of nitrogens with two attached hydrogens (primary N) is 1. The SMILES string of the molecule is NC(Nc1c(-c2ccc(-c3nc4ccccc4c4ccccc34)cc2)ccc2ccccc12)c1ccccc1. The molecule has 0 aliphatic rings. The lowest BCUT2D eigenvalue weighted by Crippen LogP contribution is -2.20. The van der Waals surface area contributed by atoms with E-state index in [4.69, 9.17) is 10.7 Å². The van der Waals surface area contributed by atoms with Gasteiger partial charge in [0.2, 0.25) is 0 Å². The third-order valence-corrected chi connectivity index (χ3v) is 7.47. The van der Waals surface area contributed by atoms with Crippen molar-refractivity contribution in [2.45, 2.75) is 6.17 Å². The van der Waals surface area contributed by atoms with E-state index in [9.17, 15) is 0 Å². The number of pyridine rings is 1. The third kappa shape index (κ3) is 4.19. The summed E-state index contributed by atoms with van der Waals surface area (Å²) >= 11 is 0. The highest BCUT2D eigenvalue weighted by atomic mass is 15.0. The molecule has 0 saturated heterocycles. The smallest absolute Gasteiger partial charge is 0.101 e. The van der Waals surface area contributed by atoms with Gasteiger partial charge in [-0.25, -0.2) is 4.98 Å². The molecule has 1 heterocycles. The molecule has 0 radical (unpaired) electrons. The van der Waals surface area contributed by atoms with Crippen molar-refractivity contribution in [3.05, 3.63) is 145 Å². The number of para-hydroxylation sites is 1. The minimum atomic E-state index is -0.330. The van der Waals surface area contributed by atoms with Crippen molar-refractivity contribution in [3.63, 3.8) is 0 Å². The highest BCUT2D eigenvalue weighted by molar-refractivity contribution is 6.11. The topological polar surface area (TPSA) is 50.9 Å². The predicted molar refractivity (Wildman–Crippen MR) is 165 cm³/mol. The summed E-state index contributed by atoms with van der Waals surface area (Å²) < 4.78 is 0. The fourth-order valence-corrected chi connectivity index (χ4v) is 5.50. The number of nitrogens with zero attached hydrogens (tertiary/aromatic N) is 1.